The maximum Gasteiger partial charge on any atom is 0.238 e. The Kier molecular flexibility index (Phi) is 4.76. The van der Waals surface area contributed by atoms with Crippen molar-refractivity contribution in [1.29, 1.82) is 0 Å². The Hall–Kier alpha value is -1.59. The molecule has 2 rings (SSSR count). The number of hydrogen-bond acceptors (Lipinski definition) is 4. The zero-order valence-corrected chi connectivity index (χ0v) is 11.3. The number of rotatable bonds is 5. The molecule has 0 radical (unpaired) electrons. The van der Waals surface area contributed by atoms with E-state index < -0.39 is 0 Å². The van der Waals surface area contributed by atoms with E-state index in [1.54, 1.807) is 12.1 Å². The van der Waals surface area contributed by atoms with Crippen LogP contribution < -0.4 is 11.1 Å². The van der Waals surface area contributed by atoms with E-state index in [0.717, 1.165) is 26.0 Å². The van der Waals surface area contributed by atoms with Crippen LogP contribution >= 0.6 is 0 Å². The predicted octanol–water partition coefficient (Wildman–Crippen LogP) is 1.32. The number of ether oxygens (including phenoxy) is 1. The third kappa shape index (κ3) is 4.22. The van der Waals surface area contributed by atoms with Crippen LogP contribution in [0.3, 0.4) is 0 Å². The summed E-state index contributed by atoms with van der Waals surface area (Å²) in [6.07, 6.45) is 2.46. The van der Waals surface area contributed by atoms with Gasteiger partial charge in [0, 0.05) is 13.2 Å². The summed E-state index contributed by atoms with van der Waals surface area (Å²) in [6, 6.07) is 7.26. The number of anilines is 2. The fraction of sp³-hybridized carbons (Fsp3) is 0.500. The molecule has 1 atom stereocenters. The summed E-state index contributed by atoms with van der Waals surface area (Å²) < 4.78 is 5.55. The molecule has 5 heteroatoms. The van der Waals surface area contributed by atoms with Gasteiger partial charge in [-0.25, -0.2) is 0 Å². The first-order valence-electron chi connectivity index (χ1n) is 6.59. The van der Waals surface area contributed by atoms with Gasteiger partial charge in [0.1, 0.15) is 0 Å². The summed E-state index contributed by atoms with van der Waals surface area (Å²) >= 11 is 0. The molecule has 1 amide bonds. The van der Waals surface area contributed by atoms with Gasteiger partial charge >= 0.3 is 0 Å². The monoisotopic (exact) mass is 263 g/mol. The minimum Gasteiger partial charge on any atom is -0.397 e. The van der Waals surface area contributed by atoms with Crippen molar-refractivity contribution in [3.63, 3.8) is 0 Å². The van der Waals surface area contributed by atoms with E-state index in [2.05, 4.69) is 5.32 Å². The summed E-state index contributed by atoms with van der Waals surface area (Å²) in [5.74, 6) is -0.0570. The SMILES string of the molecule is CN(CC(=O)Nc1ccccc1N)CC1CCCO1. The Labute approximate surface area is 113 Å². The molecule has 1 saturated heterocycles. The first kappa shape index (κ1) is 13.8. The average Bonchev–Trinajstić information content (AvgIpc) is 2.84. The maximum atomic E-state index is 11.9. The fourth-order valence-electron chi connectivity index (χ4n) is 2.25. The first-order chi connectivity index (χ1) is 9.15. The molecule has 104 valence electrons. The van der Waals surface area contributed by atoms with Crippen molar-refractivity contribution < 1.29 is 9.53 Å². The van der Waals surface area contributed by atoms with Gasteiger partial charge in [-0.05, 0) is 32.0 Å². The van der Waals surface area contributed by atoms with Crippen molar-refractivity contribution in [1.82, 2.24) is 4.90 Å². The molecule has 1 fully saturated rings. The van der Waals surface area contributed by atoms with Crippen LogP contribution in [0, 0.1) is 0 Å². The first-order valence-corrected chi connectivity index (χ1v) is 6.59. The van der Waals surface area contributed by atoms with Gasteiger partial charge in [-0.2, -0.15) is 0 Å². The predicted molar refractivity (Wildman–Crippen MR) is 76.0 cm³/mol. The van der Waals surface area contributed by atoms with E-state index >= 15 is 0 Å². The molecule has 5 nitrogen and oxygen atoms in total. The molecule has 19 heavy (non-hydrogen) atoms. The Balaban J connectivity index is 1.79. The molecule has 0 spiro atoms. The largest absolute Gasteiger partial charge is 0.397 e. The van der Waals surface area contributed by atoms with Crippen LogP contribution in [-0.4, -0.2) is 43.7 Å². The lowest BCUT2D eigenvalue weighted by Crippen LogP contribution is -2.35. The Morgan fingerprint density at radius 2 is 2.32 bits per heavy atom. The van der Waals surface area contributed by atoms with Gasteiger partial charge in [-0.3, -0.25) is 9.69 Å². The highest BCUT2D eigenvalue weighted by atomic mass is 16.5. The van der Waals surface area contributed by atoms with Gasteiger partial charge in [0.05, 0.1) is 24.0 Å². The quantitative estimate of drug-likeness (QED) is 0.786. The van der Waals surface area contributed by atoms with E-state index in [1.807, 2.05) is 24.1 Å². The van der Waals surface area contributed by atoms with E-state index in [-0.39, 0.29) is 12.0 Å². The lowest BCUT2D eigenvalue weighted by atomic mass is 10.2. The second-order valence-electron chi connectivity index (χ2n) is 4.97. The van der Waals surface area contributed by atoms with Crippen LogP contribution in [-0.2, 0) is 9.53 Å². The summed E-state index contributed by atoms with van der Waals surface area (Å²) in [7, 11) is 1.93. The molecule has 0 bridgehead atoms. The van der Waals surface area contributed by atoms with E-state index in [1.165, 1.54) is 0 Å². The number of carbonyl (C=O) groups excluding carboxylic acids is 1. The topological polar surface area (TPSA) is 67.6 Å². The van der Waals surface area contributed by atoms with Crippen LogP contribution in [0.4, 0.5) is 11.4 Å². The molecule has 1 aliphatic heterocycles. The second-order valence-corrected chi connectivity index (χ2v) is 4.97. The molecule has 0 aromatic heterocycles. The van der Waals surface area contributed by atoms with E-state index in [4.69, 9.17) is 10.5 Å². The third-order valence-electron chi connectivity index (χ3n) is 3.19. The number of amides is 1. The highest BCUT2D eigenvalue weighted by Gasteiger charge is 2.18. The van der Waals surface area contributed by atoms with Crippen LogP contribution in [0.2, 0.25) is 0 Å². The Morgan fingerprint density at radius 3 is 3.00 bits per heavy atom. The van der Waals surface area contributed by atoms with Crippen molar-refractivity contribution in [2.24, 2.45) is 0 Å². The normalized spacial score (nSPS) is 18.7. The Morgan fingerprint density at radius 1 is 1.53 bits per heavy atom. The van der Waals surface area contributed by atoms with Crippen LogP contribution in [0.5, 0.6) is 0 Å². The third-order valence-corrected chi connectivity index (χ3v) is 3.19. The summed E-state index contributed by atoms with van der Waals surface area (Å²) in [5, 5.41) is 2.82. The van der Waals surface area contributed by atoms with Crippen molar-refractivity contribution in [2.75, 3.05) is 37.8 Å². The lowest BCUT2D eigenvalue weighted by molar-refractivity contribution is -0.117. The van der Waals surface area contributed by atoms with Crippen molar-refractivity contribution >= 4 is 17.3 Å². The van der Waals surface area contributed by atoms with Crippen molar-refractivity contribution in [3.8, 4) is 0 Å². The van der Waals surface area contributed by atoms with E-state index in [0.29, 0.717) is 17.9 Å². The smallest absolute Gasteiger partial charge is 0.238 e. The number of nitrogens with one attached hydrogen (secondary N) is 1. The number of nitrogen functional groups attached to an aromatic ring is 1. The molecule has 1 aliphatic rings. The number of hydrogen-bond donors (Lipinski definition) is 2. The number of likely N-dealkylation sites (N-methyl/N-ethyl adjacent to an activating group) is 1. The molecule has 3 N–H and O–H groups in total. The molecule has 0 saturated carbocycles. The molecule has 1 aromatic rings. The second kappa shape index (κ2) is 6.54. The maximum absolute atomic E-state index is 11.9. The molecule has 0 aliphatic carbocycles. The highest BCUT2D eigenvalue weighted by Crippen LogP contribution is 2.16. The summed E-state index contributed by atoms with van der Waals surface area (Å²) in [5.41, 5.74) is 7.03. The molecule has 1 heterocycles. The average molecular weight is 263 g/mol. The standard InChI is InChI=1S/C14H21N3O2/c1-17(9-11-5-4-8-19-11)10-14(18)16-13-7-3-2-6-12(13)15/h2-3,6-7,11H,4-5,8-10,15H2,1H3,(H,16,18). The van der Waals surface area contributed by atoms with E-state index in [9.17, 15) is 4.79 Å². The van der Waals surface area contributed by atoms with Crippen molar-refractivity contribution in [2.45, 2.75) is 18.9 Å². The number of benzene rings is 1. The van der Waals surface area contributed by atoms with Gasteiger partial charge in [0.25, 0.3) is 0 Å². The highest BCUT2D eigenvalue weighted by molar-refractivity contribution is 5.95. The van der Waals surface area contributed by atoms with Crippen molar-refractivity contribution in [3.05, 3.63) is 24.3 Å². The lowest BCUT2D eigenvalue weighted by Gasteiger charge is -2.20. The zero-order valence-electron chi connectivity index (χ0n) is 11.3. The summed E-state index contributed by atoms with van der Waals surface area (Å²) in [6.45, 7) is 1.97. The number of carbonyl (C=O) groups is 1. The molecule has 1 aromatic carbocycles. The molecular weight excluding hydrogens is 242 g/mol. The van der Waals surface area contributed by atoms with Gasteiger partial charge < -0.3 is 15.8 Å². The van der Waals surface area contributed by atoms with Gasteiger partial charge in [-0.15, -0.1) is 0 Å². The van der Waals surface area contributed by atoms with Crippen LogP contribution in [0.1, 0.15) is 12.8 Å². The molecular formula is C14H21N3O2. The Bertz CT molecular complexity index is 430. The number of para-hydroxylation sites is 2. The minimum atomic E-state index is -0.0570. The van der Waals surface area contributed by atoms with Crippen LogP contribution in [0.15, 0.2) is 24.3 Å². The minimum absolute atomic E-state index is 0.0570. The number of nitrogens with zero attached hydrogens (tertiary/aromatic N) is 1. The fourth-order valence-corrected chi connectivity index (χ4v) is 2.25. The van der Waals surface area contributed by atoms with Gasteiger partial charge in [-0.1, -0.05) is 12.1 Å². The summed E-state index contributed by atoms with van der Waals surface area (Å²) in [4.78, 5) is 13.9. The molecule has 1 unspecified atom stereocenters. The van der Waals surface area contributed by atoms with Gasteiger partial charge in [0.15, 0.2) is 0 Å². The van der Waals surface area contributed by atoms with Crippen LogP contribution in [0.25, 0.3) is 0 Å². The zero-order chi connectivity index (χ0) is 13.7. The number of nitrogens with two attached hydrogens (primary N) is 1. The van der Waals surface area contributed by atoms with Gasteiger partial charge in [0.2, 0.25) is 5.91 Å².